The van der Waals surface area contributed by atoms with E-state index in [1.165, 1.54) is 11.4 Å². The number of hydrogen-bond donors (Lipinski definition) is 2. The van der Waals surface area contributed by atoms with Crippen LogP contribution < -0.4 is 14.8 Å². The Bertz CT molecular complexity index is 661. The summed E-state index contributed by atoms with van der Waals surface area (Å²) in [5.74, 6) is 0.588. The van der Waals surface area contributed by atoms with Crippen LogP contribution in [0.25, 0.3) is 0 Å². The number of halogens is 1. The minimum atomic E-state index is -3.39. The number of benzene rings is 1. The molecule has 1 aromatic rings. The van der Waals surface area contributed by atoms with E-state index < -0.39 is 10.2 Å². The minimum absolute atomic E-state index is 0.107. The number of carbonyl (C=O) groups is 1. The van der Waals surface area contributed by atoms with Crippen molar-refractivity contribution in [1.82, 2.24) is 19.2 Å². The molecule has 140 valence electrons. The van der Waals surface area contributed by atoms with Gasteiger partial charge in [0.25, 0.3) is 10.2 Å². The summed E-state index contributed by atoms with van der Waals surface area (Å²) in [6, 6.07) is 7.01. The highest BCUT2D eigenvalue weighted by atomic mass is 35.5. The number of nitrogens with zero attached hydrogens (tertiary/aromatic N) is 2. The van der Waals surface area contributed by atoms with Crippen LogP contribution in [0.1, 0.15) is 0 Å². The summed E-state index contributed by atoms with van der Waals surface area (Å²) in [6.45, 7) is 2.79. The summed E-state index contributed by atoms with van der Waals surface area (Å²) in [5.41, 5.74) is 0. The Balaban J connectivity index is 1.62. The van der Waals surface area contributed by atoms with Crippen LogP contribution in [0.2, 0.25) is 5.02 Å². The van der Waals surface area contributed by atoms with Gasteiger partial charge in [-0.2, -0.15) is 12.7 Å². The number of hydrogen-bond acceptors (Lipinski definition) is 5. The minimum Gasteiger partial charge on any atom is -0.492 e. The fraction of sp³-hybridized carbons (Fsp3) is 0.533. The molecule has 2 N–H and O–H groups in total. The van der Waals surface area contributed by atoms with Crippen LogP contribution in [0, 0.1) is 0 Å². The Morgan fingerprint density at radius 3 is 2.44 bits per heavy atom. The maximum Gasteiger partial charge on any atom is 0.279 e. The first-order chi connectivity index (χ1) is 11.9. The molecule has 1 saturated heterocycles. The molecule has 2 rings (SSSR count). The van der Waals surface area contributed by atoms with Gasteiger partial charge >= 0.3 is 0 Å². The summed E-state index contributed by atoms with van der Waals surface area (Å²) in [6.07, 6.45) is 0. The third-order valence-electron chi connectivity index (χ3n) is 3.80. The normalized spacial score (nSPS) is 16.6. The second kappa shape index (κ2) is 9.35. The molecule has 1 aromatic carbocycles. The standard InChI is InChI=1S/C15H23ClN4O4S/c1-17-25(22,23)20-9-7-19(8-10-20)12-15(21)18-6-11-24-14-4-2-13(16)3-5-14/h2-5,17H,6-12H2,1H3,(H,18,21). The van der Waals surface area contributed by atoms with E-state index in [1.807, 2.05) is 4.90 Å². The van der Waals surface area contributed by atoms with E-state index in [2.05, 4.69) is 10.0 Å². The Morgan fingerprint density at radius 1 is 1.20 bits per heavy atom. The predicted molar refractivity (Wildman–Crippen MR) is 95.9 cm³/mol. The molecular formula is C15H23ClN4O4S. The smallest absolute Gasteiger partial charge is 0.279 e. The van der Waals surface area contributed by atoms with E-state index in [4.69, 9.17) is 16.3 Å². The Kier molecular flexibility index (Phi) is 7.45. The summed E-state index contributed by atoms with van der Waals surface area (Å²) in [5, 5.41) is 3.43. The average Bonchev–Trinajstić information content (AvgIpc) is 2.61. The van der Waals surface area contributed by atoms with Crippen molar-refractivity contribution >= 4 is 27.7 Å². The maximum absolute atomic E-state index is 11.9. The lowest BCUT2D eigenvalue weighted by molar-refractivity contribution is -0.122. The maximum atomic E-state index is 11.9. The third-order valence-corrected chi connectivity index (χ3v) is 5.62. The predicted octanol–water partition coefficient (Wildman–Crippen LogP) is -0.0832. The summed E-state index contributed by atoms with van der Waals surface area (Å²) < 4.78 is 32.5. The molecule has 10 heteroatoms. The number of piperazine rings is 1. The summed E-state index contributed by atoms with van der Waals surface area (Å²) >= 11 is 5.79. The average molecular weight is 391 g/mol. The highest BCUT2D eigenvalue weighted by Crippen LogP contribution is 2.15. The van der Waals surface area contributed by atoms with Crippen molar-refractivity contribution in [3.05, 3.63) is 29.3 Å². The zero-order valence-corrected chi connectivity index (χ0v) is 15.6. The van der Waals surface area contributed by atoms with Gasteiger partial charge in [0.15, 0.2) is 0 Å². The molecule has 0 aromatic heterocycles. The van der Waals surface area contributed by atoms with Crippen molar-refractivity contribution in [2.45, 2.75) is 0 Å². The van der Waals surface area contributed by atoms with Gasteiger partial charge < -0.3 is 10.1 Å². The fourth-order valence-corrected chi connectivity index (χ4v) is 3.43. The quantitative estimate of drug-likeness (QED) is 0.606. The lowest BCUT2D eigenvalue weighted by Gasteiger charge is -2.33. The van der Waals surface area contributed by atoms with Crippen molar-refractivity contribution in [2.75, 3.05) is 52.9 Å². The molecule has 1 fully saturated rings. The molecule has 0 unspecified atom stereocenters. The largest absolute Gasteiger partial charge is 0.492 e. The third kappa shape index (κ3) is 6.44. The zero-order valence-electron chi connectivity index (χ0n) is 14.1. The monoisotopic (exact) mass is 390 g/mol. The topological polar surface area (TPSA) is 91.0 Å². The molecule has 0 aliphatic carbocycles. The van der Waals surface area contributed by atoms with Gasteiger partial charge in [0.2, 0.25) is 5.91 Å². The van der Waals surface area contributed by atoms with Crippen molar-refractivity contribution in [1.29, 1.82) is 0 Å². The van der Waals surface area contributed by atoms with Gasteiger partial charge in [-0.05, 0) is 24.3 Å². The number of ether oxygens (including phenoxy) is 1. The van der Waals surface area contributed by atoms with E-state index >= 15 is 0 Å². The van der Waals surface area contributed by atoms with Gasteiger partial charge in [-0.1, -0.05) is 11.6 Å². The number of rotatable bonds is 8. The van der Waals surface area contributed by atoms with Gasteiger partial charge in [0.1, 0.15) is 12.4 Å². The SMILES string of the molecule is CNS(=O)(=O)N1CCN(CC(=O)NCCOc2ccc(Cl)cc2)CC1. The van der Waals surface area contributed by atoms with Crippen molar-refractivity contribution in [2.24, 2.45) is 0 Å². The van der Waals surface area contributed by atoms with Gasteiger partial charge in [0.05, 0.1) is 13.1 Å². The van der Waals surface area contributed by atoms with Crippen LogP contribution in [0.3, 0.4) is 0 Å². The first-order valence-electron chi connectivity index (χ1n) is 7.97. The Morgan fingerprint density at radius 2 is 1.84 bits per heavy atom. The second-order valence-electron chi connectivity index (χ2n) is 5.54. The fourth-order valence-electron chi connectivity index (χ4n) is 2.41. The highest BCUT2D eigenvalue weighted by molar-refractivity contribution is 7.87. The van der Waals surface area contributed by atoms with Crippen LogP contribution in [0.4, 0.5) is 0 Å². The van der Waals surface area contributed by atoms with Gasteiger partial charge in [-0.25, -0.2) is 4.72 Å². The molecule has 0 atom stereocenters. The molecule has 1 amide bonds. The number of nitrogens with one attached hydrogen (secondary N) is 2. The lowest BCUT2D eigenvalue weighted by atomic mass is 10.3. The van der Waals surface area contributed by atoms with E-state index in [0.29, 0.717) is 50.1 Å². The van der Waals surface area contributed by atoms with Crippen molar-refractivity contribution in [3.8, 4) is 5.75 Å². The summed E-state index contributed by atoms with van der Waals surface area (Å²) in [7, 11) is -2.00. The van der Waals surface area contributed by atoms with Crippen LogP contribution in [0.15, 0.2) is 24.3 Å². The molecule has 0 saturated carbocycles. The molecule has 8 nitrogen and oxygen atoms in total. The van der Waals surface area contributed by atoms with E-state index in [9.17, 15) is 13.2 Å². The van der Waals surface area contributed by atoms with E-state index in [-0.39, 0.29) is 12.5 Å². The van der Waals surface area contributed by atoms with Gasteiger partial charge in [-0.3, -0.25) is 9.69 Å². The zero-order chi connectivity index (χ0) is 18.3. The first-order valence-corrected chi connectivity index (χ1v) is 9.78. The van der Waals surface area contributed by atoms with Gasteiger partial charge in [-0.15, -0.1) is 0 Å². The van der Waals surface area contributed by atoms with Crippen LogP contribution in [-0.4, -0.2) is 76.5 Å². The number of amides is 1. The molecular weight excluding hydrogens is 368 g/mol. The van der Waals surface area contributed by atoms with Crippen molar-refractivity contribution < 1.29 is 17.9 Å². The molecule has 0 bridgehead atoms. The molecule has 1 aliphatic rings. The van der Waals surface area contributed by atoms with Crippen molar-refractivity contribution in [3.63, 3.8) is 0 Å². The summed E-state index contributed by atoms with van der Waals surface area (Å²) in [4.78, 5) is 13.9. The highest BCUT2D eigenvalue weighted by Gasteiger charge is 2.26. The number of carbonyl (C=O) groups excluding carboxylic acids is 1. The molecule has 1 heterocycles. The van der Waals surface area contributed by atoms with Crippen LogP contribution in [-0.2, 0) is 15.0 Å². The Labute approximate surface area is 153 Å². The molecule has 25 heavy (non-hydrogen) atoms. The molecule has 0 radical (unpaired) electrons. The van der Waals surface area contributed by atoms with E-state index in [0.717, 1.165) is 0 Å². The lowest BCUT2D eigenvalue weighted by Crippen LogP contribution is -2.53. The van der Waals surface area contributed by atoms with E-state index in [1.54, 1.807) is 24.3 Å². The van der Waals surface area contributed by atoms with Crippen LogP contribution in [0.5, 0.6) is 5.75 Å². The molecule has 0 spiro atoms. The van der Waals surface area contributed by atoms with Crippen LogP contribution >= 0.6 is 11.6 Å². The van der Waals surface area contributed by atoms with Gasteiger partial charge in [0, 0.05) is 38.2 Å². The second-order valence-corrected chi connectivity index (χ2v) is 7.85. The first kappa shape index (κ1) is 19.9. The molecule has 1 aliphatic heterocycles. The Hall–Kier alpha value is -1.39.